The number of carbonyl (C=O) groups excluding carboxylic acids is 1. The fourth-order valence-electron chi connectivity index (χ4n) is 1.55. The van der Waals surface area contributed by atoms with Crippen molar-refractivity contribution in [2.45, 2.75) is 13.0 Å². The van der Waals surface area contributed by atoms with E-state index in [9.17, 15) is 4.79 Å². The van der Waals surface area contributed by atoms with E-state index in [4.69, 9.17) is 18.0 Å². The molecule has 0 fully saturated rings. The normalized spacial score (nSPS) is 10.1. The van der Waals surface area contributed by atoms with Crippen molar-refractivity contribution in [2.24, 2.45) is 5.73 Å². The van der Waals surface area contributed by atoms with Crippen molar-refractivity contribution in [2.75, 3.05) is 0 Å². The van der Waals surface area contributed by atoms with Crippen LogP contribution in [0.1, 0.15) is 16.8 Å². The smallest absolute Gasteiger partial charge is 0.224 e. The number of hydrogen-bond acceptors (Lipinski definition) is 4. The summed E-state index contributed by atoms with van der Waals surface area (Å²) >= 11 is 6.39. The summed E-state index contributed by atoms with van der Waals surface area (Å²) < 4.78 is 0. The first-order valence-electron chi connectivity index (χ1n) is 5.67. The zero-order valence-corrected chi connectivity index (χ0v) is 11.8. The second-order valence-corrected chi connectivity index (χ2v) is 5.15. The van der Waals surface area contributed by atoms with Crippen LogP contribution in [0, 0.1) is 0 Å². The molecule has 2 rings (SSSR count). The van der Waals surface area contributed by atoms with Gasteiger partial charge in [-0.15, -0.1) is 11.3 Å². The minimum Gasteiger partial charge on any atom is -0.389 e. The number of amides is 1. The Morgan fingerprint density at radius 1 is 1.37 bits per heavy atom. The van der Waals surface area contributed by atoms with Gasteiger partial charge in [-0.1, -0.05) is 36.5 Å². The van der Waals surface area contributed by atoms with Crippen molar-refractivity contribution in [3.8, 4) is 0 Å². The number of thiocarbonyl (C=S) groups is 1. The monoisotopic (exact) mass is 291 g/mol. The third kappa shape index (κ3) is 4.11. The maximum absolute atomic E-state index is 11.7. The van der Waals surface area contributed by atoms with Crippen molar-refractivity contribution >= 4 is 34.5 Å². The lowest BCUT2D eigenvalue weighted by Crippen LogP contribution is -2.24. The Morgan fingerprint density at radius 3 is 2.68 bits per heavy atom. The molecular formula is C13H13N3OS2. The van der Waals surface area contributed by atoms with Gasteiger partial charge in [0, 0.05) is 10.9 Å². The highest BCUT2D eigenvalue weighted by Gasteiger charge is 2.04. The van der Waals surface area contributed by atoms with E-state index >= 15 is 0 Å². The lowest BCUT2D eigenvalue weighted by Gasteiger charge is -2.04. The molecule has 19 heavy (non-hydrogen) atoms. The molecule has 1 aromatic heterocycles. The maximum atomic E-state index is 11.7. The molecule has 0 aliphatic carbocycles. The molecule has 0 unspecified atom stereocenters. The Kier molecular flexibility index (Phi) is 4.59. The maximum Gasteiger partial charge on any atom is 0.224 e. The lowest BCUT2D eigenvalue weighted by atomic mass is 10.1. The average Bonchev–Trinajstić information content (AvgIpc) is 2.90. The number of hydrogen-bond donors (Lipinski definition) is 2. The summed E-state index contributed by atoms with van der Waals surface area (Å²) in [6, 6.07) is 7.37. The third-order valence-corrected chi connectivity index (χ3v) is 3.42. The van der Waals surface area contributed by atoms with Gasteiger partial charge in [-0.3, -0.25) is 4.79 Å². The fourth-order valence-corrected chi connectivity index (χ4v) is 2.24. The van der Waals surface area contributed by atoms with Gasteiger partial charge in [0.15, 0.2) is 0 Å². The van der Waals surface area contributed by atoms with Gasteiger partial charge in [-0.05, 0) is 5.56 Å². The highest BCUT2D eigenvalue weighted by molar-refractivity contribution is 7.80. The quantitative estimate of drug-likeness (QED) is 0.822. The second-order valence-electron chi connectivity index (χ2n) is 3.99. The van der Waals surface area contributed by atoms with E-state index in [-0.39, 0.29) is 5.91 Å². The average molecular weight is 291 g/mol. The van der Waals surface area contributed by atoms with Crippen LogP contribution in [0.2, 0.25) is 0 Å². The molecule has 6 heteroatoms. The predicted octanol–water partition coefficient (Wildman–Crippen LogP) is 1.64. The molecule has 3 N–H and O–H groups in total. The van der Waals surface area contributed by atoms with Crippen LogP contribution in [0.3, 0.4) is 0 Å². The molecule has 2 aromatic rings. The van der Waals surface area contributed by atoms with Crippen molar-refractivity contribution in [3.63, 3.8) is 0 Å². The molecule has 0 saturated heterocycles. The first-order chi connectivity index (χ1) is 9.15. The summed E-state index contributed by atoms with van der Waals surface area (Å²) in [4.78, 5) is 16.2. The van der Waals surface area contributed by atoms with E-state index < -0.39 is 0 Å². The lowest BCUT2D eigenvalue weighted by molar-refractivity contribution is -0.120. The highest BCUT2D eigenvalue weighted by atomic mass is 32.1. The van der Waals surface area contributed by atoms with E-state index in [1.807, 2.05) is 29.6 Å². The van der Waals surface area contributed by atoms with Crippen LogP contribution >= 0.6 is 23.6 Å². The Balaban J connectivity index is 1.86. The van der Waals surface area contributed by atoms with E-state index in [1.165, 1.54) is 11.3 Å². The number of nitrogens with zero attached hydrogens (tertiary/aromatic N) is 1. The second kappa shape index (κ2) is 6.40. The van der Waals surface area contributed by atoms with Gasteiger partial charge in [0.2, 0.25) is 5.91 Å². The molecule has 1 aromatic carbocycles. The Labute approximate surface area is 120 Å². The molecule has 0 spiro atoms. The minimum atomic E-state index is -0.0314. The minimum absolute atomic E-state index is 0.0314. The van der Waals surface area contributed by atoms with E-state index in [0.29, 0.717) is 18.0 Å². The van der Waals surface area contributed by atoms with Crippen LogP contribution in [0.5, 0.6) is 0 Å². The summed E-state index contributed by atoms with van der Waals surface area (Å²) in [6.07, 6.45) is 0.335. The molecule has 0 atom stereocenters. The topological polar surface area (TPSA) is 68.0 Å². The first-order valence-corrected chi connectivity index (χ1v) is 7.03. The molecule has 0 bridgehead atoms. The molecule has 0 saturated carbocycles. The number of rotatable bonds is 5. The van der Waals surface area contributed by atoms with Crippen molar-refractivity contribution in [3.05, 3.63) is 52.0 Å². The largest absolute Gasteiger partial charge is 0.389 e. The van der Waals surface area contributed by atoms with Gasteiger partial charge in [0.05, 0.1) is 24.2 Å². The number of carbonyl (C=O) groups is 1. The van der Waals surface area contributed by atoms with Gasteiger partial charge in [-0.2, -0.15) is 0 Å². The molecule has 1 amide bonds. The van der Waals surface area contributed by atoms with E-state index in [1.54, 1.807) is 5.51 Å². The van der Waals surface area contributed by atoms with Crippen molar-refractivity contribution in [1.82, 2.24) is 10.3 Å². The molecule has 4 nitrogen and oxygen atoms in total. The number of thiazole rings is 1. The first kappa shape index (κ1) is 13.6. The van der Waals surface area contributed by atoms with Gasteiger partial charge >= 0.3 is 0 Å². The molecule has 98 valence electrons. The fraction of sp³-hybridized carbons (Fsp3) is 0.154. The molecule has 0 aliphatic heterocycles. The summed E-state index contributed by atoms with van der Waals surface area (Å²) in [5.74, 6) is -0.0314. The molecule has 1 heterocycles. The molecular weight excluding hydrogens is 278 g/mol. The van der Waals surface area contributed by atoms with Gasteiger partial charge < -0.3 is 11.1 Å². The number of nitrogens with one attached hydrogen (secondary N) is 1. The molecule has 0 radical (unpaired) electrons. The predicted molar refractivity (Wildman–Crippen MR) is 80.0 cm³/mol. The van der Waals surface area contributed by atoms with Gasteiger partial charge in [0.25, 0.3) is 0 Å². The third-order valence-electron chi connectivity index (χ3n) is 2.55. The van der Waals surface area contributed by atoms with Crippen LogP contribution < -0.4 is 11.1 Å². The van der Waals surface area contributed by atoms with Crippen LogP contribution in [-0.4, -0.2) is 15.9 Å². The Hall–Kier alpha value is -1.79. The summed E-state index contributed by atoms with van der Waals surface area (Å²) in [5.41, 5.74) is 9.87. The van der Waals surface area contributed by atoms with Crippen molar-refractivity contribution < 1.29 is 4.79 Å². The summed E-state index contributed by atoms with van der Waals surface area (Å²) in [6.45, 7) is 0.466. The van der Waals surface area contributed by atoms with Crippen LogP contribution in [-0.2, 0) is 17.8 Å². The summed E-state index contributed by atoms with van der Waals surface area (Å²) in [7, 11) is 0. The zero-order valence-electron chi connectivity index (χ0n) is 10.1. The SMILES string of the molecule is NC(=S)c1ccc(CC(=O)NCc2cscn2)cc1. The molecule has 0 aliphatic rings. The van der Waals surface area contributed by atoms with Gasteiger partial charge in [-0.25, -0.2) is 4.98 Å². The summed E-state index contributed by atoms with van der Waals surface area (Å²) in [5, 5.41) is 4.74. The van der Waals surface area contributed by atoms with Crippen LogP contribution in [0.25, 0.3) is 0 Å². The highest BCUT2D eigenvalue weighted by Crippen LogP contribution is 2.06. The Morgan fingerprint density at radius 2 is 2.11 bits per heavy atom. The van der Waals surface area contributed by atoms with E-state index in [2.05, 4.69) is 10.3 Å². The van der Waals surface area contributed by atoms with Crippen molar-refractivity contribution in [1.29, 1.82) is 0 Å². The number of aromatic nitrogens is 1. The van der Waals surface area contributed by atoms with E-state index in [0.717, 1.165) is 16.8 Å². The van der Waals surface area contributed by atoms with Crippen LogP contribution in [0.15, 0.2) is 35.2 Å². The standard InChI is InChI=1S/C13H13N3OS2/c14-13(18)10-3-1-9(2-4-10)5-12(17)15-6-11-7-19-8-16-11/h1-4,7-8H,5-6H2,(H2,14,18)(H,15,17). The van der Waals surface area contributed by atoms with Crippen LogP contribution in [0.4, 0.5) is 0 Å². The van der Waals surface area contributed by atoms with Gasteiger partial charge in [0.1, 0.15) is 4.99 Å². The zero-order chi connectivity index (χ0) is 13.7. The Bertz CT molecular complexity index is 564. The number of benzene rings is 1. The number of nitrogens with two attached hydrogens (primary N) is 1.